The van der Waals surface area contributed by atoms with Crippen LogP contribution in [0.2, 0.25) is 0 Å². The van der Waals surface area contributed by atoms with Gasteiger partial charge in [0.05, 0.1) is 5.52 Å². The topological polar surface area (TPSA) is 28.7 Å². The van der Waals surface area contributed by atoms with E-state index in [0.717, 1.165) is 5.56 Å². The van der Waals surface area contributed by atoms with Gasteiger partial charge in [-0.15, -0.1) is 0 Å². The Labute approximate surface area is 94.0 Å². The molecule has 2 heteroatoms. The predicted molar refractivity (Wildman–Crippen MR) is 66.3 cm³/mol. The molecule has 0 aliphatic carbocycles. The lowest BCUT2D eigenvalue weighted by molar-refractivity contribution is 1.29. The SMILES string of the molecule is Cc1cc2cccc(-c3cccnc3)c2[nH]1. The van der Waals surface area contributed by atoms with E-state index in [1.807, 2.05) is 12.3 Å². The summed E-state index contributed by atoms with van der Waals surface area (Å²) in [5, 5.41) is 1.25. The maximum atomic E-state index is 4.16. The van der Waals surface area contributed by atoms with Crippen molar-refractivity contribution in [3.8, 4) is 11.1 Å². The van der Waals surface area contributed by atoms with Crippen LogP contribution in [0.15, 0.2) is 48.8 Å². The molecule has 16 heavy (non-hydrogen) atoms. The number of hydrogen-bond acceptors (Lipinski definition) is 1. The monoisotopic (exact) mass is 208 g/mol. The summed E-state index contributed by atoms with van der Waals surface area (Å²) in [7, 11) is 0. The van der Waals surface area contributed by atoms with Crippen LogP contribution in [0.4, 0.5) is 0 Å². The molecule has 0 fully saturated rings. The summed E-state index contributed by atoms with van der Waals surface area (Å²) in [6.45, 7) is 2.08. The normalized spacial score (nSPS) is 10.8. The maximum Gasteiger partial charge on any atom is 0.0536 e. The number of aromatic amines is 1. The number of fused-ring (bicyclic) bond motifs is 1. The van der Waals surface area contributed by atoms with E-state index in [9.17, 15) is 0 Å². The molecule has 0 atom stereocenters. The molecule has 3 aromatic rings. The first kappa shape index (κ1) is 9.16. The van der Waals surface area contributed by atoms with Crippen LogP contribution >= 0.6 is 0 Å². The number of aromatic nitrogens is 2. The number of aryl methyl sites for hydroxylation is 1. The maximum absolute atomic E-state index is 4.16. The lowest BCUT2D eigenvalue weighted by Gasteiger charge is -2.02. The van der Waals surface area contributed by atoms with Crippen LogP contribution in [0.1, 0.15) is 5.69 Å². The molecule has 2 nitrogen and oxygen atoms in total. The molecule has 0 saturated carbocycles. The van der Waals surface area contributed by atoms with E-state index >= 15 is 0 Å². The Hall–Kier alpha value is -2.09. The third-order valence-electron chi connectivity index (χ3n) is 2.76. The van der Waals surface area contributed by atoms with Gasteiger partial charge >= 0.3 is 0 Å². The molecule has 0 radical (unpaired) electrons. The quantitative estimate of drug-likeness (QED) is 0.651. The molecule has 1 aromatic carbocycles. The zero-order valence-electron chi connectivity index (χ0n) is 9.07. The second-order valence-electron chi connectivity index (χ2n) is 3.96. The average Bonchev–Trinajstić information content (AvgIpc) is 2.70. The van der Waals surface area contributed by atoms with E-state index in [1.54, 1.807) is 6.20 Å². The number of para-hydroxylation sites is 1. The Bertz CT molecular complexity index is 624. The standard InChI is InChI=1S/C14H12N2/c1-10-8-11-4-2-6-13(14(11)16-10)12-5-3-7-15-9-12/h2-9,16H,1H3. The zero-order valence-corrected chi connectivity index (χ0v) is 9.07. The molecule has 0 spiro atoms. The molecule has 0 aliphatic heterocycles. The first-order valence-electron chi connectivity index (χ1n) is 5.33. The summed E-state index contributed by atoms with van der Waals surface area (Å²) in [5.74, 6) is 0. The summed E-state index contributed by atoms with van der Waals surface area (Å²) < 4.78 is 0. The number of nitrogens with zero attached hydrogens (tertiary/aromatic N) is 1. The minimum atomic E-state index is 1.15. The summed E-state index contributed by atoms with van der Waals surface area (Å²) in [5.41, 5.74) is 4.73. The zero-order chi connectivity index (χ0) is 11.0. The van der Waals surface area contributed by atoms with E-state index in [0.29, 0.717) is 0 Å². The lowest BCUT2D eigenvalue weighted by atomic mass is 10.1. The minimum absolute atomic E-state index is 1.15. The molecule has 1 N–H and O–H groups in total. The number of benzene rings is 1. The third kappa shape index (κ3) is 1.39. The fourth-order valence-electron chi connectivity index (χ4n) is 2.06. The average molecular weight is 208 g/mol. The lowest BCUT2D eigenvalue weighted by Crippen LogP contribution is -1.81. The van der Waals surface area contributed by atoms with Crippen molar-refractivity contribution in [2.24, 2.45) is 0 Å². The first-order chi connectivity index (χ1) is 7.84. The van der Waals surface area contributed by atoms with Crippen molar-refractivity contribution in [2.75, 3.05) is 0 Å². The Morgan fingerprint density at radius 3 is 2.88 bits per heavy atom. The highest BCUT2D eigenvalue weighted by Gasteiger charge is 2.05. The minimum Gasteiger partial charge on any atom is -0.358 e. The molecule has 0 unspecified atom stereocenters. The summed E-state index contributed by atoms with van der Waals surface area (Å²) in [6.07, 6.45) is 3.69. The number of rotatable bonds is 1. The molecule has 2 heterocycles. The van der Waals surface area contributed by atoms with E-state index in [4.69, 9.17) is 0 Å². The van der Waals surface area contributed by atoms with Crippen LogP contribution in [0.5, 0.6) is 0 Å². The Kier molecular flexibility index (Phi) is 2.00. The van der Waals surface area contributed by atoms with Gasteiger partial charge in [-0.2, -0.15) is 0 Å². The van der Waals surface area contributed by atoms with Gasteiger partial charge in [0.25, 0.3) is 0 Å². The van der Waals surface area contributed by atoms with Crippen LogP contribution in [-0.2, 0) is 0 Å². The summed E-state index contributed by atoms with van der Waals surface area (Å²) in [4.78, 5) is 7.56. The largest absolute Gasteiger partial charge is 0.358 e. The van der Waals surface area contributed by atoms with Crippen LogP contribution in [0.3, 0.4) is 0 Å². The van der Waals surface area contributed by atoms with Crippen molar-refractivity contribution in [2.45, 2.75) is 6.92 Å². The second kappa shape index (κ2) is 3.49. The number of nitrogens with one attached hydrogen (secondary N) is 1. The Morgan fingerprint density at radius 2 is 2.06 bits per heavy atom. The predicted octanol–water partition coefficient (Wildman–Crippen LogP) is 3.54. The van der Waals surface area contributed by atoms with Crippen LogP contribution in [-0.4, -0.2) is 9.97 Å². The molecular weight excluding hydrogens is 196 g/mol. The highest BCUT2D eigenvalue weighted by molar-refractivity contribution is 5.94. The highest BCUT2D eigenvalue weighted by atomic mass is 14.7. The summed E-state index contributed by atoms with van der Waals surface area (Å²) in [6, 6.07) is 12.5. The third-order valence-corrected chi connectivity index (χ3v) is 2.76. The van der Waals surface area contributed by atoms with Gasteiger partial charge in [-0.05, 0) is 19.1 Å². The fraction of sp³-hybridized carbons (Fsp3) is 0.0714. The van der Waals surface area contributed by atoms with Gasteiger partial charge in [-0.25, -0.2) is 0 Å². The van der Waals surface area contributed by atoms with Gasteiger partial charge in [0.15, 0.2) is 0 Å². The Morgan fingerprint density at radius 1 is 1.12 bits per heavy atom. The first-order valence-corrected chi connectivity index (χ1v) is 5.33. The van der Waals surface area contributed by atoms with E-state index < -0.39 is 0 Å². The van der Waals surface area contributed by atoms with Crippen LogP contribution in [0.25, 0.3) is 22.0 Å². The van der Waals surface area contributed by atoms with Crippen molar-refractivity contribution >= 4 is 10.9 Å². The molecule has 3 rings (SSSR count). The Balaban J connectivity index is 2.31. The second-order valence-corrected chi connectivity index (χ2v) is 3.96. The van der Waals surface area contributed by atoms with Crippen LogP contribution in [0, 0.1) is 6.92 Å². The molecule has 0 aliphatic rings. The highest BCUT2D eigenvalue weighted by Crippen LogP contribution is 2.27. The van der Waals surface area contributed by atoms with Gasteiger partial charge in [0.1, 0.15) is 0 Å². The molecule has 0 bridgehead atoms. The number of hydrogen-bond donors (Lipinski definition) is 1. The van der Waals surface area contributed by atoms with Gasteiger partial charge in [-0.1, -0.05) is 24.3 Å². The number of pyridine rings is 1. The van der Waals surface area contributed by atoms with Crippen LogP contribution < -0.4 is 0 Å². The molecule has 2 aromatic heterocycles. The van der Waals surface area contributed by atoms with Gasteiger partial charge in [0, 0.05) is 34.6 Å². The molecular formula is C14H12N2. The van der Waals surface area contributed by atoms with E-state index in [2.05, 4.69) is 47.2 Å². The molecule has 0 saturated heterocycles. The molecule has 78 valence electrons. The van der Waals surface area contributed by atoms with Crippen molar-refractivity contribution in [1.82, 2.24) is 9.97 Å². The van der Waals surface area contributed by atoms with Gasteiger partial charge in [0.2, 0.25) is 0 Å². The van der Waals surface area contributed by atoms with Crippen molar-refractivity contribution in [3.63, 3.8) is 0 Å². The van der Waals surface area contributed by atoms with Crippen molar-refractivity contribution in [3.05, 3.63) is 54.5 Å². The van der Waals surface area contributed by atoms with Crippen molar-refractivity contribution < 1.29 is 0 Å². The fourth-order valence-corrected chi connectivity index (χ4v) is 2.06. The van der Waals surface area contributed by atoms with Gasteiger partial charge in [-0.3, -0.25) is 4.98 Å². The smallest absolute Gasteiger partial charge is 0.0536 e. The van der Waals surface area contributed by atoms with Crippen molar-refractivity contribution in [1.29, 1.82) is 0 Å². The molecule has 0 amide bonds. The van der Waals surface area contributed by atoms with Gasteiger partial charge < -0.3 is 4.98 Å². The van der Waals surface area contributed by atoms with E-state index in [1.165, 1.54) is 22.2 Å². The van der Waals surface area contributed by atoms with E-state index in [-0.39, 0.29) is 0 Å². The summed E-state index contributed by atoms with van der Waals surface area (Å²) >= 11 is 0. The number of H-pyrrole nitrogens is 1.